The lowest BCUT2D eigenvalue weighted by Gasteiger charge is -2.30. The molecule has 0 rings (SSSR count). The van der Waals surface area contributed by atoms with Gasteiger partial charge in [-0.1, -0.05) is 290 Å². The number of likely N-dealkylation sites (N-methyl/N-ethyl adjacent to an activating group) is 1. The first-order valence-corrected chi connectivity index (χ1v) is 30.8. The lowest BCUT2D eigenvalue weighted by atomic mass is 10.0. The summed E-state index contributed by atoms with van der Waals surface area (Å²) in [6, 6.07) is -0.793. The van der Waals surface area contributed by atoms with E-state index in [-0.39, 0.29) is 19.1 Å². The van der Waals surface area contributed by atoms with Crippen LogP contribution in [0.2, 0.25) is 0 Å². The van der Waals surface area contributed by atoms with Gasteiger partial charge in [0, 0.05) is 6.42 Å². The minimum atomic E-state index is -4.56. The highest BCUT2D eigenvalue weighted by molar-refractivity contribution is 7.45. The van der Waals surface area contributed by atoms with Crippen LogP contribution in [0.1, 0.15) is 309 Å². The molecule has 0 aliphatic carbocycles. The Hall–Kier alpha value is -0.500. The van der Waals surface area contributed by atoms with Gasteiger partial charge in [0.05, 0.1) is 39.9 Å². The largest absolute Gasteiger partial charge is 0.756 e. The van der Waals surface area contributed by atoms with Crippen molar-refractivity contribution in [3.8, 4) is 0 Å². The Morgan fingerprint density at radius 3 is 1.03 bits per heavy atom. The fourth-order valence-corrected chi connectivity index (χ4v) is 9.94. The molecule has 0 aliphatic heterocycles. The van der Waals surface area contributed by atoms with E-state index in [2.05, 4.69) is 19.2 Å². The topological polar surface area (TPSA) is 108 Å². The van der Waals surface area contributed by atoms with Gasteiger partial charge in [0.25, 0.3) is 7.82 Å². The second-order valence-corrected chi connectivity index (χ2v) is 23.1. The Morgan fingerprint density at radius 2 is 0.742 bits per heavy atom. The van der Waals surface area contributed by atoms with E-state index in [0.29, 0.717) is 23.9 Å². The fraction of sp³-hybridized carbons (Fsp3) is 0.982. The summed E-state index contributed by atoms with van der Waals surface area (Å²) in [4.78, 5) is 25.4. The number of hydrogen-bond donors (Lipinski definition) is 2. The summed E-state index contributed by atoms with van der Waals surface area (Å²) >= 11 is 0. The molecule has 0 saturated carbocycles. The SMILES string of the molecule is CCCCCCCCCCCCCCCCCCCCCCCCCCCCCCCCCCCC(=O)NC(COP(=O)([O-])OCC[N+](C)(C)C)C(O)CCCCCCCCCCCCC. The molecule has 396 valence electrons. The number of nitrogens with one attached hydrogen (secondary N) is 1. The third kappa shape index (κ3) is 51.4. The average molecular weight is 958 g/mol. The first-order valence-electron chi connectivity index (χ1n) is 29.4. The first kappa shape index (κ1) is 65.5. The minimum absolute atomic E-state index is 0.0162. The molecule has 0 aromatic rings. The Labute approximate surface area is 412 Å². The van der Waals surface area contributed by atoms with Gasteiger partial charge in [-0.05, 0) is 12.8 Å². The zero-order valence-corrected chi connectivity index (χ0v) is 46.1. The molecule has 9 heteroatoms. The van der Waals surface area contributed by atoms with Crippen molar-refractivity contribution in [2.75, 3.05) is 40.9 Å². The Kier molecular flexibility index (Phi) is 49.1. The Morgan fingerprint density at radius 1 is 0.470 bits per heavy atom. The third-order valence-electron chi connectivity index (χ3n) is 13.8. The maximum Gasteiger partial charge on any atom is 0.268 e. The van der Waals surface area contributed by atoms with Crippen LogP contribution in [-0.2, 0) is 18.4 Å². The molecule has 0 aliphatic rings. The summed E-state index contributed by atoms with van der Waals surface area (Å²) in [5.74, 6) is -0.158. The van der Waals surface area contributed by atoms with Crippen LogP contribution in [0.15, 0.2) is 0 Å². The van der Waals surface area contributed by atoms with Crippen molar-refractivity contribution in [2.24, 2.45) is 0 Å². The van der Waals surface area contributed by atoms with E-state index in [9.17, 15) is 19.4 Å². The van der Waals surface area contributed by atoms with E-state index in [0.717, 1.165) is 38.5 Å². The van der Waals surface area contributed by atoms with Gasteiger partial charge in [-0.2, -0.15) is 0 Å². The number of carbonyl (C=O) groups is 1. The van der Waals surface area contributed by atoms with Crippen molar-refractivity contribution in [1.29, 1.82) is 0 Å². The van der Waals surface area contributed by atoms with E-state index >= 15 is 0 Å². The highest BCUT2D eigenvalue weighted by Crippen LogP contribution is 2.38. The Bertz CT molecular complexity index is 1040. The maximum absolute atomic E-state index is 12.9. The second kappa shape index (κ2) is 49.5. The quantitative estimate of drug-likeness (QED) is 0.0357. The molecule has 0 heterocycles. The summed E-state index contributed by atoms with van der Waals surface area (Å²) in [6.45, 7) is 4.75. The summed E-state index contributed by atoms with van der Waals surface area (Å²) in [5.41, 5.74) is 0. The highest BCUT2D eigenvalue weighted by atomic mass is 31.2. The van der Waals surface area contributed by atoms with Crippen LogP contribution in [0.5, 0.6) is 0 Å². The van der Waals surface area contributed by atoms with Gasteiger partial charge in [0.15, 0.2) is 0 Å². The Balaban J connectivity index is 3.87. The molecule has 0 aromatic heterocycles. The second-order valence-electron chi connectivity index (χ2n) is 21.7. The number of aliphatic hydroxyl groups excluding tert-OH is 1. The molecular weight excluding hydrogens is 840 g/mol. The summed E-state index contributed by atoms with van der Waals surface area (Å²) in [6.07, 6.45) is 58.8. The average Bonchev–Trinajstić information content (AvgIpc) is 3.28. The van der Waals surface area contributed by atoms with Gasteiger partial charge in [0.1, 0.15) is 13.2 Å². The van der Waals surface area contributed by atoms with Crippen molar-refractivity contribution in [2.45, 2.75) is 321 Å². The minimum Gasteiger partial charge on any atom is -0.756 e. The maximum atomic E-state index is 12.9. The number of rotatable bonds is 55. The van der Waals surface area contributed by atoms with E-state index in [1.807, 2.05) is 21.1 Å². The third-order valence-corrected chi connectivity index (χ3v) is 14.8. The fourth-order valence-electron chi connectivity index (χ4n) is 9.22. The number of hydrogen-bond acceptors (Lipinski definition) is 6. The number of aliphatic hydroxyl groups is 1. The lowest BCUT2D eigenvalue weighted by Crippen LogP contribution is -2.46. The normalized spacial score (nSPS) is 13.9. The number of phosphoric ester groups is 1. The van der Waals surface area contributed by atoms with E-state index in [1.54, 1.807) is 0 Å². The van der Waals surface area contributed by atoms with Crippen molar-refractivity contribution in [3.05, 3.63) is 0 Å². The van der Waals surface area contributed by atoms with Gasteiger partial charge in [-0.15, -0.1) is 0 Å². The van der Waals surface area contributed by atoms with Crippen molar-refractivity contribution in [1.82, 2.24) is 5.32 Å². The number of phosphoric acid groups is 1. The number of unbranched alkanes of at least 4 members (excludes halogenated alkanes) is 42. The smallest absolute Gasteiger partial charge is 0.268 e. The molecule has 0 aromatic carbocycles. The zero-order chi connectivity index (χ0) is 48.5. The molecule has 66 heavy (non-hydrogen) atoms. The number of carbonyl (C=O) groups excluding carboxylic acids is 1. The van der Waals surface area contributed by atoms with Gasteiger partial charge in [-0.25, -0.2) is 0 Å². The van der Waals surface area contributed by atoms with E-state index < -0.39 is 20.0 Å². The molecular formula is C57H117N2O6P. The van der Waals surface area contributed by atoms with Crippen LogP contribution < -0.4 is 10.2 Å². The predicted molar refractivity (Wildman–Crippen MR) is 284 cm³/mol. The van der Waals surface area contributed by atoms with Crippen LogP contribution in [0.3, 0.4) is 0 Å². The zero-order valence-electron chi connectivity index (χ0n) is 45.2. The molecule has 0 fully saturated rings. The first-order chi connectivity index (χ1) is 32.0. The number of amides is 1. The summed E-state index contributed by atoms with van der Waals surface area (Å²) in [5, 5.41) is 13.9. The summed E-state index contributed by atoms with van der Waals surface area (Å²) < 4.78 is 23.3. The van der Waals surface area contributed by atoms with Crippen LogP contribution in [0, 0.1) is 0 Å². The van der Waals surface area contributed by atoms with E-state index in [1.165, 1.54) is 244 Å². The lowest BCUT2D eigenvalue weighted by molar-refractivity contribution is -0.870. The molecule has 0 spiro atoms. The molecule has 2 N–H and O–H groups in total. The van der Waals surface area contributed by atoms with Crippen molar-refractivity contribution < 1.29 is 32.9 Å². The molecule has 3 unspecified atom stereocenters. The standard InChI is InChI=1S/C57H117N2O6P/c1-6-8-10-12-14-16-18-19-20-21-22-23-24-25-26-27-28-29-30-31-32-33-34-35-36-37-38-39-41-43-45-47-49-51-57(61)58-55(54-65-66(62,63)64-53-52-59(3,4)5)56(60)50-48-46-44-42-40-17-15-13-11-9-7-2/h55-56,60H,6-54H2,1-5H3,(H-,58,61,62,63). The molecule has 0 saturated heterocycles. The molecule has 8 nitrogen and oxygen atoms in total. The monoisotopic (exact) mass is 957 g/mol. The van der Waals surface area contributed by atoms with Gasteiger partial charge in [0.2, 0.25) is 5.91 Å². The number of nitrogens with zero attached hydrogens (tertiary/aromatic N) is 1. The van der Waals surface area contributed by atoms with Crippen LogP contribution in [0.25, 0.3) is 0 Å². The molecule has 0 bridgehead atoms. The van der Waals surface area contributed by atoms with Crippen LogP contribution in [-0.4, -0.2) is 68.5 Å². The van der Waals surface area contributed by atoms with Gasteiger partial charge in [-0.3, -0.25) is 9.36 Å². The van der Waals surface area contributed by atoms with Crippen LogP contribution >= 0.6 is 7.82 Å². The molecule has 1 amide bonds. The summed E-state index contributed by atoms with van der Waals surface area (Å²) in [7, 11) is 1.32. The van der Waals surface area contributed by atoms with E-state index in [4.69, 9.17) is 9.05 Å². The van der Waals surface area contributed by atoms with Crippen LogP contribution in [0.4, 0.5) is 0 Å². The molecule has 3 atom stereocenters. The van der Waals surface area contributed by atoms with Crippen molar-refractivity contribution in [3.63, 3.8) is 0 Å². The number of quaternary nitrogens is 1. The van der Waals surface area contributed by atoms with Gasteiger partial charge < -0.3 is 28.8 Å². The van der Waals surface area contributed by atoms with Gasteiger partial charge >= 0.3 is 0 Å². The molecule has 0 radical (unpaired) electrons. The predicted octanol–water partition coefficient (Wildman–Crippen LogP) is 17.0. The van der Waals surface area contributed by atoms with Crippen molar-refractivity contribution >= 4 is 13.7 Å². The highest BCUT2D eigenvalue weighted by Gasteiger charge is 2.24.